The lowest BCUT2D eigenvalue weighted by Crippen LogP contribution is -2.09. The molecule has 0 spiro atoms. The zero-order chi connectivity index (χ0) is 13.0. The van der Waals surface area contributed by atoms with Gasteiger partial charge in [0.05, 0.1) is 19.0 Å². The second kappa shape index (κ2) is 5.31. The molecule has 0 unspecified atom stereocenters. The molecular weight excluding hydrogens is 234 g/mol. The highest BCUT2D eigenvalue weighted by Gasteiger charge is 2.05. The van der Waals surface area contributed by atoms with Crippen molar-refractivity contribution in [2.45, 2.75) is 6.42 Å². The molecule has 0 amide bonds. The molecule has 1 aromatic carbocycles. The monoisotopic (exact) mass is 247 g/mol. The van der Waals surface area contributed by atoms with Crippen LogP contribution in [-0.2, 0) is 4.79 Å². The number of fused-ring (bicyclic) bond motifs is 1. The first kappa shape index (κ1) is 12.1. The van der Waals surface area contributed by atoms with Gasteiger partial charge < -0.3 is 15.2 Å². The van der Waals surface area contributed by atoms with Gasteiger partial charge in [-0.2, -0.15) is 0 Å². The molecule has 0 atom stereocenters. The van der Waals surface area contributed by atoms with Gasteiger partial charge in [-0.05, 0) is 18.2 Å². The maximum atomic E-state index is 10.5. The van der Waals surface area contributed by atoms with Crippen LogP contribution in [0.3, 0.4) is 0 Å². The predicted molar refractivity (Wildman–Crippen MR) is 66.8 cm³/mol. The van der Waals surface area contributed by atoms with E-state index in [2.05, 4.69) is 15.3 Å². The summed E-state index contributed by atoms with van der Waals surface area (Å²) < 4.78 is 5.14. The Hall–Kier alpha value is -2.37. The summed E-state index contributed by atoms with van der Waals surface area (Å²) in [7, 11) is 1.59. The van der Waals surface area contributed by atoms with Crippen molar-refractivity contribution < 1.29 is 14.6 Å². The van der Waals surface area contributed by atoms with Crippen LogP contribution in [0.2, 0.25) is 0 Å². The summed E-state index contributed by atoms with van der Waals surface area (Å²) in [6, 6.07) is 5.47. The molecule has 2 aromatic rings. The van der Waals surface area contributed by atoms with Crippen molar-refractivity contribution in [3.63, 3.8) is 0 Å². The fourth-order valence-electron chi connectivity index (χ4n) is 1.59. The van der Waals surface area contributed by atoms with Gasteiger partial charge >= 0.3 is 5.97 Å². The number of nitrogens with one attached hydrogen (secondary N) is 1. The minimum absolute atomic E-state index is 0.0372. The van der Waals surface area contributed by atoms with Crippen molar-refractivity contribution in [2.75, 3.05) is 19.0 Å². The van der Waals surface area contributed by atoms with Gasteiger partial charge in [-0.1, -0.05) is 0 Å². The third-order valence-electron chi connectivity index (χ3n) is 2.47. The molecule has 0 aliphatic heterocycles. The van der Waals surface area contributed by atoms with Gasteiger partial charge in [0.2, 0.25) is 0 Å². The predicted octanol–water partition coefficient (Wildman–Crippen LogP) is 1.52. The van der Waals surface area contributed by atoms with Gasteiger partial charge in [0, 0.05) is 11.9 Å². The topological polar surface area (TPSA) is 84.3 Å². The number of carboxylic acid groups (broad SMARTS) is 1. The van der Waals surface area contributed by atoms with Gasteiger partial charge in [-0.15, -0.1) is 0 Å². The van der Waals surface area contributed by atoms with E-state index in [1.54, 1.807) is 7.11 Å². The first-order chi connectivity index (χ1) is 8.70. The summed E-state index contributed by atoms with van der Waals surface area (Å²) in [5, 5.41) is 12.4. The number of nitrogens with zero attached hydrogens (tertiary/aromatic N) is 2. The number of carbonyl (C=O) groups is 1. The number of rotatable bonds is 5. The number of hydrogen-bond donors (Lipinski definition) is 2. The molecule has 2 rings (SSSR count). The molecule has 18 heavy (non-hydrogen) atoms. The first-order valence-electron chi connectivity index (χ1n) is 5.45. The van der Waals surface area contributed by atoms with E-state index in [0.717, 1.165) is 10.9 Å². The summed E-state index contributed by atoms with van der Waals surface area (Å²) in [4.78, 5) is 18.7. The molecule has 94 valence electrons. The van der Waals surface area contributed by atoms with Crippen molar-refractivity contribution in [3.8, 4) is 5.75 Å². The largest absolute Gasteiger partial charge is 0.497 e. The van der Waals surface area contributed by atoms with E-state index < -0.39 is 5.97 Å². The van der Waals surface area contributed by atoms with Crippen molar-refractivity contribution in [1.82, 2.24) is 9.97 Å². The minimum atomic E-state index is -0.849. The average Bonchev–Trinajstić information content (AvgIpc) is 2.38. The molecule has 0 saturated heterocycles. The van der Waals surface area contributed by atoms with Crippen molar-refractivity contribution in [2.24, 2.45) is 0 Å². The van der Waals surface area contributed by atoms with E-state index in [4.69, 9.17) is 9.84 Å². The lowest BCUT2D eigenvalue weighted by molar-refractivity contribution is -0.136. The number of benzene rings is 1. The molecular formula is C12H13N3O3. The Labute approximate surface area is 104 Å². The normalized spacial score (nSPS) is 10.3. The van der Waals surface area contributed by atoms with E-state index in [-0.39, 0.29) is 6.42 Å². The van der Waals surface area contributed by atoms with Crippen LogP contribution in [0, 0.1) is 0 Å². The maximum Gasteiger partial charge on any atom is 0.305 e. The molecule has 1 heterocycles. The Morgan fingerprint density at radius 2 is 2.28 bits per heavy atom. The third-order valence-corrected chi connectivity index (χ3v) is 2.47. The van der Waals surface area contributed by atoms with Crippen molar-refractivity contribution in [3.05, 3.63) is 24.5 Å². The van der Waals surface area contributed by atoms with Gasteiger partial charge in [0.1, 0.15) is 17.9 Å². The Bertz CT molecular complexity index is 571. The number of hydrogen-bond acceptors (Lipinski definition) is 5. The molecule has 0 aliphatic carbocycles. The lowest BCUT2D eigenvalue weighted by Gasteiger charge is -2.08. The SMILES string of the molecule is COc1ccc2ncnc(NCCC(=O)O)c2c1. The lowest BCUT2D eigenvalue weighted by atomic mass is 10.2. The van der Waals surface area contributed by atoms with Gasteiger partial charge in [-0.25, -0.2) is 9.97 Å². The molecule has 6 heteroatoms. The summed E-state index contributed by atoms with van der Waals surface area (Å²) in [6.45, 7) is 0.318. The van der Waals surface area contributed by atoms with E-state index in [9.17, 15) is 4.79 Å². The number of aliphatic carboxylic acids is 1. The summed E-state index contributed by atoms with van der Waals surface area (Å²) in [5.41, 5.74) is 0.781. The van der Waals surface area contributed by atoms with Crippen molar-refractivity contribution in [1.29, 1.82) is 0 Å². The summed E-state index contributed by atoms with van der Waals surface area (Å²) >= 11 is 0. The molecule has 0 bridgehead atoms. The molecule has 0 saturated carbocycles. The molecule has 6 nitrogen and oxygen atoms in total. The number of carboxylic acids is 1. The van der Waals surface area contributed by atoms with E-state index in [1.165, 1.54) is 6.33 Å². The van der Waals surface area contributed by atoms with Crippen LogP contribution in [0.25, 0.3) is 10.9 Å². The molecule has 0 fully saturated rings. The number of aromatic nitrogens is 2. The van der Waals surface area contributed by atoms with E-state index >= 15 is 0 Å². The third kappa shape index (κ3) is 2.65. The summed E-state index contributed by atoms with van der Waals surface area (Å²) in [6.07, 6.45) is 1.48. The fraction of sp³-hybridized carbons (Fsp3) is 0.250. The average molecular weight is 247 g/mol. The second-order valence-electron chi connectivity index (χ2n) is 3.68. The fourth-order valence-corrected chi connectivity index (χ4v) is 1.59. The van der Waals surface area contributed by atoms with Crippen LogP contribution >= 0.6 is 0 Å². The Morgan fingerprint density at radius 1 is 1.44 bits per heavy atom. The molecule has 0 aliphatic rings. The molecule has 0 radical (unpaired) electrons. The van der Waals surface area contributed by atoms with Crippen molar-refractivity contribution >= 4 is 22.7 Å². The zero-order valence-electron chi connectivity index (χ0n) is 9.88. The van der Waals surface area contributed by atoms with E-state index in [1.807, 2.05) is 18.2 Å². The van der Waals surface area contributed by atoms with Gasteiger partial charge in [-0.3, -0.25) is 4.79 Å². The van der Waals surface area contributed by atoms with Crippen LogP contribution in [0.15, 0.2) is 24.5 Å². The smallest absolute Gasteiger partial charge is 0.305 e. The highest BCUT2D eigenvalue weighted by molar-refractivity contribution is 5.90. The summed E-state index contributed by atoms with van der Waals surface area (Å²) in [5.74, 6) is 0.470. The van der Waals surface area contributed by atoms with E-state index in [0.29, 0.717) is 18.1 Å². The highest BCUT2D eigenvalue weighted by atomic mass is 16.5. The van der Waals surface area contributed by atoms with Crippen LogP contribution in [-0.4, -0.2) is 34.7 Å². The van der Waals surface area contributed by atoms with Gasteiger partial charge in [0.25, 0.3) is 0 Å². The second-order valence-corrected chi connectivity index (χ2v) is 3.68. The first-order valence-corrected chi connectivity index (χ1v) is 5.45. The minimum Gasteiger partial charge on any atom is -0.497 e. The molecule has 1 aromatic heterocycles. The number of methoxy groups -OCH3 is 1. The highest BCUT2D eigenvalue weighted by Crippen LogP contribution is 2.23. The Balaban J connectivity index is 2.28. The van der Waals surface area contributed by atoms with Crippen LogP contribution in [0.1, 0.15) is 6.42 Å². The standard InChI is InChI=1S/C12H13N3O3/c1-18-8-2-3-10-9(6-8)12(15-7-14-10)13-5-4-11(16)17/h2-3,6-7H,4-5H2,1H3,(H,16,17)(H,13,14,15). The number of ether oxygens (including phenoxy) is 1. The molecule has 2 N–H and O–H groups in total. The zero-order valence-corrected chi connectivity index (χ0v) is 9.88. The van der Waals surface area contributed by atoms with Gasteiger partial charge in [0.15, 0.2) is 0 Å². The van der Waals surface area contributed by atoms with Crippen LogP contribution in [0.4, 0.5) is 5.82 Å². The maximum absolute atomic E-state index is 10.5. The quantitative estimate of drug-likeness (QED) is 0.833. The van der Waals surface area contributed by atoms with Crippen LogP contribution < -0.4 is 10.1 Å². The van der Waals surface area contributed by atoms with Crippen LogP contribution in [0.5, 0.6) is 5.75 Å². The number of anilines is 1. The Kier molecular flexibility index (Phi) is 3.57. The Morgan fingerprint density at radius 3 is 3.00 bits per heavy atom.